The first-order chi connectivity index (χ1) is 8.09. The quantitative estimate of drug-likeness (QED) is 0.812. The van der Waals surface area contributed by atoms with Crippen LogP contribution in [0.4, 0.5) is 5.82 Å². The van der Waals surface area contributed by atoms with Crippen LogP contribution in [0.25, 0.3) is 0 Å². The largest absolute Gasteiger partial charge is 0.382 e. The molecule has 1 aromatic heterocycles. The SMILES string of the molecule is CC1(NC(=O)c2cncc(N)n2)CCCCC1. The normalized spacial score (nSPS) is 18.6. The van der Waals surface area contributed by atoms with Gasteiger partial charge in [0.25, 0.3) is 5.91 Å². The van der Waals surface area contributed by atoms with Gasteiger partial charge >= 0.3 is 0 Å². The molecule has 92 valence electrons. The third-order valence-electron chi connectivity index (χ3n) is 3.26. The van der Waals surface area contributed by atoms with E-state index in [-0.39, 0.29) is 23.0 Å². The van der Waals surface area contributed by atoms with Crippen molar-refractivity contribution in [2.75, 3.05) is 5.73 Å². The van der Waals surface area contributed by atoms with Crippen LogP contribution in [0.3, 0.4) is 0 Å². The van der Waals surface area contributed by atoms with Gasteiger partial charge in [-0.2, -0.15) is 0 Å². The van der Waals surface area contributed by atoms with Crippen molar-refractivity contribution < 1.29 is 4.79 Å². The summed E-state index contributed by atoms with van der Waals surface area (Å²) in [7, 11) is 0. The van der Waals surface area contributed by atoms with Gasteiger partial charge in [0.15, 0.2) is 0 Å². The van der Waals surface area contributed by atoms with E-state index in [0.29, 0.717) is 0 Å². The summed E-state index contributed by atoms with van der Waals surface area (Å²) in [5.74, 6) is 0.0839. The maximum atomic E-state index is 12.0. The summed E-state index contributed by atoms with van der Waals surface area (Å²) in [6.07, 6.45) is 8.50. The molecule has 1 aliphatic carbocycles. The Labute approximate surface area is 101 Å². The topological polar surface area (TPSA) is 80.9 Å². The van der Waals surface area contributed by atoms with Crippen LogP contribution in [0.1, 0.15) is 49.5 Å². The Balaban J connectivity index is 2.06. The van der Waals surface area contributed by atoms with Crippen LogP contribution in [0.15, 0.2) is 12.4 Å². The predicted octanol–water partition coefficient (Wildman–Crippen LogP) is 1.51. The minimum absolute atomic E-state index is 0.110. The zero-order valence-corrected chi connectivity index (χ0v) is 10.1. The van der Waals surface area contributed by atoms with Gasteiger partial charge in [-0.25, -0.2) is 4.98 Å². The lowest BCUT2D eigenvalue weighted by molar-refractivity contribution is 0.0877. The Hall–Kier alpha value is -1.65. The summed E-state index contributed by atoms with van der Waals surface area (Å²) in [5, 5.41) is 3.04. The number of aromatic nitrogens is 2. The van der Waals surface area contributed by atoms with Gasteiger partial charge in [0, 0.05) is 5.54 Å². The lowest BCUT2D eigenvalue weighted by Gasteiger charge is -2.34. The molecule has 5 nitrogen and oxygen atoms in total. The van der Waals surface area contributed by atoms with E-state index >= 15 is 0 Å². The molecule has 0 spiro atoms. The Morgan fingerprint density at radius 2 is 2.06 bits per heavy atom. The van der Waals surface area contributed by atoms with Gasteiger partial charge in [-0.15, -0.1) is 0 Å². The fraction of sp³-hybridized carbons (Fsp3) is 0.583. The Kier molecular flexibility index (Phi) is 3.26. The van der Waals surface area contributed by atoms with Gasteiger partial charge in [-0.1, -0.05) is 19.3 Å². The highest BCUT2D eigenvalue weighted by atomic mass is 16.2. The molecule has 1 amide bonds. The number of carbonyl (C=O) groups is 1. The van der Waals surface area contributed by atoms with Crippen LogP contribution in [-0.2, 0) is 0 Å². The zero-order chi connectivity index (χ0) is 12.3. The van der Waals surface area contributed by atoms with E-state index in [1.54, 1.807) is 0 Å². The standard InChI is InChI=1S/C12H18N4O/c1-12(5-3-2-4-6-12)16-11(17)9-7-14-8-10(13)15-9/h7-8H,2-6H2,1H3,(H2,13,15)(H,16,17). The molecule has 0 saturated heterocycles. The molecule has 0 aromatic carbocycles. The Morgan fingerprint density at radius 1 is 1.35 bits per heavy atom. The number of nitrogens with zero attached hydrogens (tertiary/aromatic N) is 2. The van der Waals surface area contributed by atoms with Crippen LogP contribution in [-0.4, -0.2) is 21.4 Å². The monoisotopic (exact) mass is 234 g/mol. The summed E-state index contributed by atoms with van der Waals surface area (Å²) in [4.78, 5) is 19.8. The van der Waals surface area contributed by atoms with Crippen LogP contribution in [0.5, 0.6) is 0 Å². The first-order valence-electron chi connectivity index (χ1n) is 5.99. The molecule has 0 unspecified atom stereocenters. The molecule has 0 aliphatic heterocycles. The number of anilines is 1. The number of carbonyl (C=O) groups excluding carboxylic acids is 1. The predicted molar refractivity (Wildman–Crippen MR) is 65.4 cm³/mol. The molecule has 1 saturated carbocycles. The number of nitrogens with two attached hydrogens (primary N) is 1. The van der Waals surface area contributed by atoms with E-state index < -0.39 is 0 Å². The Bertz CT molecular complexity index is 413. The number of amides is 1. The lowest BCUT2D eigenvalue weighted by Crippen LogP contribution is -2.47. The van der Waals surface area contributed by atoms with Crippen LogP contribution < -0.4 is 11.1 Å². The second-order valence-electron chi connectivity index (χ2n) is 4.90. The minimum atomic E-state index is -0.186. The van der Waals surface area contributed by atoms with Crippen molar-refractivity contribution in [1.82, 2.24) is 15.3 Å². The van der Waals surface area contributed by atoms with Gasteiger partial charge in [0.2, 0.25) is 0 Å². The second-order valence-corrected chi connectivity index (χ2v) is 4.90. The molecule has 2 rings (SSSR count). The summed E-state index contributed by atoms with van der Waals surface area (Å²) in [6, 6.07) is 0. The zero-order valence-electron chi connectivity index (χ0n) is 10.1. The van der Waals surface area contributed by atoms with E-state index in [0.717, 1.165) is 12.8 Å². The molecule has 1 aliphatic rings. The van der Waals surface area contributed by atoms with Gasteiger partial charge in [-0.3, -0.25) is 9.78 Å². The summed E-state index contributed by atoms with van der Waals surface area (Å²) in [5.41, 5.74) is 5.69. The molecule has 17 heavy (non-hydrogen) atoms. The second kappa shape index (κ2) is 4.69. The maximum Gasteiger partial charge on any atom is 0.271 e. The van der Waals surface area contributed by atoms with Crippen LogP contribution in [0, 0.1) is 0 Å². The average molecular weight is 234 g/mol. The van der Waals surface area contributed by atoms with Crippen molar-refractivity contribution in [3.8, 4) is 0 Å². The maximum absolute atomic E-state index is 12.0. The van der Waals surface area contributed by atoms with Gasteiger partial charge in [0.05, 0.1) is 12.4 Å². The van der Waals surface area contributed by atoms with E-state index in [9.17, 15) is 4.79 Å². The lowest BCUT2D eigenvalue weighted by atomic mass is 9.83. The summed E-state index contributed by atoms with van der Waals surface area (Å²) >= 11 is 0. The van der Waals surface area contributed by atoms with Gasteiger partial charge in [-0.05, 0) is 19.8 Å². The summed E-state index contributed by atoms with van der Waals surface area (Å²) < 4.78 is 0. The molecular weight excluding hydrogens is 216 g/mol. The molecule has 5 heteroatoms. The third kappa shape index (κ3) is 2.93. The van der Waals surface area contributed by atoms with Gasteiger partial charge in [0.1, 0.15) is 11.5 Å². The van der Waals surface area contributed by atoms with Crippen molar-refractivity contribution in [3.63, 3.8) is 0 Å². The average Bonchev–Trinajstić information content (AvgIpc) is 2.29. The highest BCUT2D eigenvalue weighted by Crippen LogP contribution is 2.27. The van der Waals surface area contributed by atoms with E-state index in [2.05, 4.69) is 22.2 Å². The smallest absolute Gasteiger partial charge is 0.271 e. The van der Waals surface area contributed by atoms with Crippen molar-refractivity contribution >= 4 is 11.7 Å². The van der Waals surface area contributed by atoms with E-state index in [1.165, 1.54) is 31.7 Å². The number of nitrogen functional groups attached to an aromatic ring is 1. The fourth-order valence-corrected chi connectivity index (χ4v) is 2.29. The van der Waals surface area contributed by atoms with Gasteiger partial charge < -0.3 is 11.1 Å². The van der Waals surface area contributed by atoms with E-state index in [4.69, 9.17) is 5.73 Å². The highest BCUT2D eigenvalue weighted by Gasteiger charge is 2.29. The molecular formula is C12H18N4O. The number of hydrogen-bond acceptors (Lipinski definition) is 4. The molecule has 0 atom stereocenters. The number of hydrogen-bond donors (Lipinski definition) is 2. The number of rotatable bonds is 2. The van der Waals surface area contributed by atoms with Crippen LogP contribution >= 0.6 is 0 Å². The fourth-order valence-electron chi connectivity index (χ4n) is 2.29. The molecule has 0 bridgehead atoms. The van der Waals surface area contributed by atoms with Crippen molar-refractivity contribution in [1.29, 1.82) is 0 Å². The third-order valence-corrected chi connectivity index (χ3v) is 3.26. The first-order valence-corrected chi connectivity index (χ1v) is 5.99. The molecule has 3 N–H and O–H groups in total. The Morgan fingerprint density at radius 3 is 2.71 bits per heavy atom. The van der Waals surface area contributed by atoms with E-state index in [1.807, 2.05) is 0 Å². The van der Waals surface area contributed by atoms with Crippen molar-refractivity contribution in [2.24, 2.45) is 0 Å². The molecule has 0 radical (unpaired) electrons. The van der Waals surface area contributed by atoms with Crippen molar-refractivity contribution in [3.05, 3.63) is 18.1 Å². The molecule has 1 heterocycles. The first kappa shape index (κ1) is 11.8. The summed E-state index contributed by atoms with van der Waals surface area (Å²) in [6.45, 7) is 2.09. The number of nitrogens with one attached hydrogen (secondary N) is 1. The molecule has 1 fully saturated rings. The minimum Gasteiger partial charge on any atom is -0.382 e. The van der Waals surface area contributed by atoms with Crippen molar-refractivity contribution in [2.45, 2.75) is 44.6 Å². The van der Waals surface area contributed by atoms with Crippen LogP contribution in [0.2, 0.25) is 0 Å². The molecule has 1 aromatic rings. The highest BCUT2D eigenvalue weighted by molar-refractivity contribution is 5.92.